The molecule has 0 saturated carbocycles. The Morgan fingerprint density at radius 3 is 2.50 bits per heavy atom. The fraction of sp³-hybridized carbons (Fsp3) is 0.364. The quantitative estimate of drug-likeness (QED) is 0.633. The second-order valence-corrected chi connectivity index (χ2v) is 6.14. The van der Waals surface area contributed by atoms with Gasteiger partial charge in [-0.3, -0.25) is 14.9 Å². The number of nitro benzene ring substituents is 1. The number of anilines is 1. The van der Waals surface area contributed by atoms with Crippen LogP contribution >= 0.6 is 0 Å². The van der Waals surface area contributed by atoms with Crippen LogP contribution in [0.3, 0.4) is 0 Å². The Morgan fingerprint density at radius 1 is 1.42 bits per heavy atom. The van der Waals surface area contributed by atoms with Crippen molar-refractivity contribution < 1.29 is 39.7 Å². The first kappa shape index (κ1) is 18.1. The van der Waals surface area contributed by atoms with Crippen molar-refractivity contribution in [1.82, 2.24) is 0 Å². The topological polar surface area (TPSA) is 125 Å². The van der Waals surface area contributed by atoms with E-state index in [0.717, 1.165) is 13.0 Å². The lowest BCUT2D eigenvalue weighted by Gasteiger charge is -2.18. The number of halogens is 3. The van der Waals surface area contributed by atoms with Crippen LogP contribution in [0.15, 0.2) is 18.2 Å². The molecule has 13 heteroatoms. The molecule has 0 aromatic heterocycles. The van der Waals surface area contributed by atoms with Gasteiger partial charge in [0.15, 0.2) is 5.60 Å². The van der Waals surface area contributed by atoms with Gasteiger partial charge in [-0.1, -0.05) is 0 Å². The molecule has 1 saturated heterocycles. The number of nitrogens with zero attached hydrogens (tertiary/aromatic N) is 1. The summed E-state index contributed by atoms with van der Waals surface area (Å²) in [5.41, 5.74) is -5.15. The number of rotatable bonds is 3. The summed E-state index contributed by atoms with van der Waals surface area (Å²) < 4.78 is 69.4. The lowest BCUT2D eigenvalue weighted by molar-refractivity contribution is -0.388. The molecule has 0 spiro atoms. The summed E-state index contributed by atoms with van der Waals surface area (Å²) in [4.78, 5) is 21.4. The number of carbonyl (C=O) groups excluding carboxylic acids is 1. The maximum Gasteiger partial charge on any atom is 0.423 e. The minimum Gasteiger partial charge on any atom is -0.323 e. The van der Waals surface area contributed by atoms with E-state index in [2.05, 4.69) is 8.37 Å². The first-order chi connectivity index (χ1) is 10.8. The highest BCUT2D eigenvalue weighted by molar-refractivity contribution is 7.82. The summed E-state index contributed by atoms with van der Waals surface area (Å²) >= 11 is 0. The molecule has 1 atom stereocenters. The predicted molar refractivity (Wildman–Crippen MR) is 71.1 cm³/mol. The van der Waals surface area contributed by atoms with E-state index in [4.69, 9.17) is 0 Å². The smallest absolute Gasteiger partial charge is 0.323 e. The lowest BCUT2D eigenvalue weighted by atomic mass is 10.1. The number of amides is 1. The van der Waals surface area contributed by atoms with Gasteiger partial charge in [-0.2, -0.15) is 21.6 Å². The molecule has 1 amide bonds. The van der Waals surface area contributed by atoms with E-state index in [9.17, 15) is 36.5 Å². The highest BCUT2D eigenvalue weighted by atomic mass is 32.3. The Kier molecular flexibility index (Phi) is 4.28. The van der Waals surface area contributed by atoms with Crippen LogP contribution in [0.5, 0.6) is 0 Å². The third-order valence-corrected chi connectivity index (χ3v) is 3.98. The molecule has 0 unspecified atom stereocenters. The van der Waals surface area contributed by atoms with Crippen LogP contribution < -0.4 is 5.32 Å². The van der Waals surface area contributed by atoms with Gasteiger partial charge in [0, 0.05) is 11.8 Å². The molecule has 1 heterocycles. The number of nitro groups is 1. The molecule has 9 nitrogen and oxygen atoms in total. The summed E-state index contributed by atoms with van der Waals surface area (Å²) in [5.74, 6) is -1.09. The summed E-state index contributed by atoms with van der Waals surface area (Å²) in [5, 5.41) is 12.7. The molecule has 1 aromatic rings. The van der Waals surface area contributed by atoms with Crippen molar-refractivity contribution in [2.75, 3.05) is 11.9 Å². The van der Waals surface area contributed by atoms with Crippen LogP contribution in [-0.4, -0.2) is 31.5 Å². The number of alkyl halides is 3. The van der Waals surface area contributed by atoms with Crippen LogP contribution in [0, 0.1) is 10.1 Å². The molecule has 1 aliphatic heterocycles. The van der Waals surface area contributed by atoms with Crippen molar-refractivity contribution in [3.05, 3.63) is 33.9 Å². The fourth-order valence-electron chi connectivity index (χ4n) is 1.82. The molecular weight excluding hydrogens is 361 g/mol. The molecule has 1 N–H and O–H groups in total. The van der Waals surface area contributed by atoms with Crippen molar-refractivity contribution in [3.63, 3.8) is 0 Å². The second kappa shape index (κ2) is 5.68. The van der Waals surface area contributed by atoms with Crippen molar-refractivity contribution >= 4 is 27.7 Å². The monoisotopic (exact) mass is 370 g/mol. The summed E-state index contributed by atoms with van der Waals surface area (Å²) in [6.45, 7) is 0.392. The van der Waals surface area contributed by atoms with Crippen LogP contribution in [0.1, 0.15) is 12.5 Å². The van der Waals surface area contributed by atoms with Gasteiger partial charge in [-0.25, -0.2) is 8.37 Å². The molecule has 132 valence electrons. The van der Waals surface area contributed by atoms with Crippen molar-refractivity contribution in [2.24, 2.45) is 0 Å². The Hall–Kier alpha value is -2.25. The highest BCUT2D eigenvalue weighted by Crippen LogP contribution is 2.38. The van der Waals surface area contributed by atoms with Gasteiger partial charge in [-0.05, 0) is 19.1 Å². The Balaban J connectivity index is 2.31. The van der Waals surface area contributed by atoms with Crippen LogP contribution in [0.4, 0.5) is 24.5 Å². The third-order valence-electron chi connectivity index (χ3n) is 3.00. The first-order valence-electron chi connectivity index (χ1n) is 6.11. The van der Waals surface area contributed by atoms with Gasteiger partial charge >= 0.3 is 16.6 Å². The number of benzene rings is 1. The zero-order chi connectivity index (χ0) is 18.3. The minimum absolute atomic E-state index is 0.365. The van der Waals surface area contributed by atoms with Crippen LogP contribution in [0.25, 0.3) is 0 Å². The van der Waals surface area contributed by atoms with E-state index in [1.54, 1.807) is 0 Å². The van der Waals surface area contributed by atoms with Crippen molar-refractivity contribution in [2.45, 2.75) is 18.7 Å². The summed E-state index contributed by atoms with van der Waals surface area (Å²) in [7, 11) is -4.37. The molecule has 0 radical (unpaired) electrons. The second-order valence-electron chi connectivity index (χ2n) is 4.93. The number of nitrogens with one attached hydrogen (secondary N) is 1. The van der Waals surface area contributed by atoms with Crippen LogP contribution in [-0.2, 0) is 29.7 Å². The molecule has 1 aliphatic rings. The SMILES string of the molecule is C[C@@]1(C(=O)Nc2ccc([N+](=O)[O-])c(C(F)(F)F)c2)COS(=O)(=O)O1. The largest absolute Gasteiger partial charge is 0.423 e. The van der Waals surface area contributed by atoms with Gasteiger partial charge < -0.3 is 5.32 Å². The standard InChI is InChI=1S/C11H9F3N2O7S/c1-10(5-22-24(20,21)23-10)9(17)15-6-2-3-8(16(18)19)7(4-6)11(12,13)14/h2-4H,5H2,1H3,(H,15,17)/t10-/m0/s1. The average Bonchev–Trinajstić information content (AvgIpc) is 2.72. The molecule has 2 rings (SSSR count). The van der Waals surface area contributed by atoms with Gasteiger partial charge in [-0.15, -0.1) is 0 Å². The fourth-order valence-corrected chi connectivity index (χ4v) is 2.82. The van der Waals surface area contributed by atoms with Gasteiger partial charge in [0.25, 0.3) is 11.6 Å². The summed E-state index contributed by atoms with van der Waals surface area (Å²) in [6.07, 6.45) is -5.02. The van der Waals surface area contributed by atoms with Crippen molar-refractivity contribution in [1.29, 1.82) is 0 Å². The maximum atomic E-state index is 12.9. The Bertz CT molecular complexity index is 808. The first-order valence-corrected chi connectivity index (χ1v) is 7.44. The van der Waals surface area contributed by atoms with E-state index in [0.29, 0.717) is 12.1 Å². The van der Waals surface area contributed by atoms with E-state index >= 15 is 0 Å². The van der Waals surface area contributed by atoms with Gasteiger partial charge in [0.1, 0.15) is 12.2 Å². The molecule has 0 bridgehead atoms. The van der Waals surface area contributed by atoms with Gasteiger partial charge in [0.2, 0.25) is 0 Å². The molecule has 1 aromatic carbocycles. The average molecular weight is 370 g/mol. The van der Waals surface area contributed by atoms with E-state index in [1.165, 1.54) is 0 Å². The van der Waals surface area contributed by atoms with Crippen LogP contribution in [0.2, 0.25) is 0 Å². The zero-order valence-electron chi connectivity index (χ0n) is 11.8. The lowest BCUT2D eigenvalue weighted by Crippen LogP contribution is -2.42. The number of hydrogen-bond donors (Lipinski definition) is 1. The van der Waals surface area contributed by atoms with Crippen molar-refractivity contribution in [3.8, 4) is 0 Å². The minimum atomic E-state index is -5.02. The molecule has 24 heavy (non-hydrogen) atoms. The van der Waals surface area contributed by atoms with E-state index < -0.39 is 56.6 Å². The normalized spacial score (nSPS) is 23.0. The Labute approximate surface area is 132 Å². The third kappa shape index (κ3) is 3.63. The molecular formula is C11H9F3N2O7S. The Morgan fingerprint density at radius 2 is 2.04 bits per heavy atom. The highest BCUT2D eigenvalue weighted by Gasteiger charge is 2.47. The summed E-state index contributed by atoms with van der Waals surface area (Å²) in [6, 6.07) is 1.81. The number of hydrogen-bond acceptors (Lipinski definition) is 7. The van der Waals surface area contributed by atoms with Gasteiger partial charge in [0.05, 0.1) is 4.92 Å². The molecule has 0 aliphatic carbocycles. The molecule has 1 fully saturated rings. The van der Waals surface area contributed by atoms with E-state index in [-0.39, 0.29) is 0 Å². The zero-order valence-corrected chi connectivity index (χ0v) is 12.6. The maximum absolute atomic E-state index is 12.9. The predicted octanol–water partition coefficient (Wildman–Crippen LogP) is 1.60. The number of carbonyl (C=O) groups is 1. The van der Waals surface area contributed by atoms with E-state index in [1.807, 2.05) is 5.32 Å².